The van der Waals surface area contributed by atoms with Gasteiger partial charge in [0.05, 0.1) is 5.75 Å². The molecule has 1 saturated heterocycles. The minimum Gasteiger partial charge on any atom is -0.356 e. The minimum atomic E-state index is -3.16. The number of carbonyl (C=O) groups is 1. The van der Waals surface area contributed by atoms with Gasteiger partial charge in [-0.05, 0) is 43.9 Å². The Balaban J connectivity index is 1.75. The molecule has 23 heavy (non-hydrogen) atoms. The normalized spacial score (nSPS) is 17.1. The lowest BCUT2D eigenvalue weighted by Gasteiger charge is -2.30. The van der Waals surface area contributed by atoms with Crippen molar-refractivity contribution in [1.29, 1.82) is 0 Å². The predicted molar refractivity (Wildman–Crippen MR) is 86.9 cm³/mol. The van der Waals surface area contributed by atoms with Gasteiger partial charge in [0.25, 0.3) is 0 Å². The maximum atomic E-state index is 13.1. The van der Waals surface area contributed by atoms with E-state index in [-0.39, 0.29) is 23.4 Å². The number of carbonyl (C=O) groups excluding carboxylic acids is 1. The fourth-order valence-corrected chi connectivity index (χ4v) is 3.88. The molecule has 0 atom stereocenters. The third-order valence-corrected chi connectivity index (χ3v) is 6.07. The SMILES string of the molecule is CCS(=O)(=O)N1CCC(C(=O)NCCc2cccc(F)c2)CC1. The summed E-state index contributed by atoms with van der Waals surface area (Å²) in [5.41, 5.74) is 0.842. The number of sulfonamides is 1. The Labute approximate surface area is 136 Å². The fraction of sp³-hybridized carbons (Fsp3) is 0.562. The number of piperidine rings is 1. The number of benzene rings is 1. The van der Waals surface area contributed by atoms with Crippen molar-refractivity contribution in [3.05, 3.63) is 35.6 Å². The summed E-state index contributed by atoms with van der Waals surface area (Å²) in [7, 11) is -3.16. The van der Waals surface area contributed by atoms with Crippen LogP contribution in [0.2, 0.25) is 0 Å². The van der Waals surface area contributed by atoms with Gasteiger partial charge in [0.1, 0.15) is 5.82 Å². The fourth-order valence-electron chi connectivity index (χ4n) is 2.75. The Morgan fingerprint density at radius 2 is 2.04 bits per heavy atom. The molecule has 5 nitrogen and oxygen atoms in total. The van der Waals surface area contributed by atoms with Crippen LogP contribution in [0.15, 0.2) is 24.3 Å². The van der Waals surface area contributed by atoms with Crippen LogP contribution >= 0.6 is 0 Å². The summed E-state index contributed by atoms with van der Waals surface area (Å²) in [6, 6.07) is 6.32. The minimum absolute atomic E-state index is 0.0463. The summed E-state index contributed by atoms with van der Waals surface area (Å²) in [5.74, 6) is -0.378. The third kappa shape index (κ3) is 5.00. The molecule has 0 aliphatic carbocycles. The average molecular weight is 342 g/mol. The second-order valence-electron chi connectivity index (χ2n) is 5.74. The molecule has 1 aromatic rings. The van der Waals surface area contributed by atoms with Crippen molar-refractivity contribution in [2.75, 3.05) is 25.4 Å². The van der Waals surface area contributed by atoms with Crippen molar-refractivity contribution in [3.8, 4) is 0 Å². The van der Waals surface area contributed by atoms with Gasteiger partial charge in [-0.3, -0.25) is 4.79 Å². The highest BCUT2D eigenvalue weighted by Crippen LogP contribution is 2.20. The molecule has 1 fully saturated rings. The van der Waals surface area contributed by atoms with Gasteiger partial charge < -0.3 is 5.32 Å². The molecule has 1 aliphatic heterocycles. The Kier molecular flexibility index (Phi) is 6.12. The van der Waals surface area contributed by atoms with Crippen molar-refractivity contribution in [3.63, 3.8) is 0 Å². The largest absolute Gasteiger partial charge is 0.356 e. The van der Waals surface area contributed by atoms with E-state index in [0.717, 1.165) is 5.56 Å². The van der Waals surface area contributed by atoms with Gasteiger partial charge in [-0.2, -0.15) is 0 Å². The lowest BCUT2D eigenvalue weighted by molar-refractivity contribution is -0.126. The van der Waals surface area contributed by atoms with Crippen molar-refractivity contribution in [2.45, 2.75) is 26.2 Å². The number of halogens is 1. The molecule has 128 valence electrons. The smallest absolute Gasteiger partial charge is 0.223 e. The lowest BCUT2D eigenvalue weighted by Crippen LogP contribution is -2.43. The van der Waals surface area contributed by atoms with E-state index in [1.165, 1.54) is 16.4 Å². The van der Waals surface area contributed by atoms with Crippen LogP contribution in [-0.2, 0) is 21.2 Å². The molecular weight excluding hydrogens is 319 g/mol. The van der Waals surface area contributed by atoms with Crippen LogP contribution in [0, 0.1) is 11.7 Å². The van der Waals surface area contributed by atoms with E-state index in [1.54, 1.807) is 13.0 Å². The first-order chi connectivity index (χ1) is 10.9. The molecular formula is C16H23FN2O3S. The predicted octanol–water partition coefficient (Wildman–Crippen LogP) is 1.55. The Morgan fingerprint density at radius 1 is 1.35 bits per heavy atom. The highest BCUT2D eigenvalue weighted by Gasteiger charge is 2.29. The van der Waals surface area contributed by atoms with Crippen LogP contribution < -0.4 is 5.32 Å². The summed E-state index contributed by atoms with van der Waals surface area (Å²) < 4.78 is 38.1. The molecule has 1 aromatic carbocycles. The quantitative estimate of drug-likeness (QED) is 0.853. The summed E-state index contributed by atoms with van der Waals surface area (Å²) in [6.45, 7) is 2.88. The van der Waals surface area contributed by atoms with Crippen LogP contribution in [0.5, 0.6) is 0 Å². The topological polar surface area (TPSA) is 66.5 Å². The summed E-state index contributed by atoms with van der Waals surface area (Å²) in [4.78, 5) is 12.1. The van der Waals surface area contributed by atoms with Crippen LogP contribution in [0.4, 0.5) is 4.39 Å². The van der Waals surface area contributed by atoms with E-state index in [9.17, 15) is 17.6 Å². The number of hydrogen-bond acceptors (Lipinski definition) is 3. The van der Waals surface area contributed by atoms with Gasteiger partial charge in [-0.25, -0.2) is 17.1 Å². The number of amides is 1. The first-order valence-corrected chi connectivity index (χ1v) is 9.53. The van der Waals surface area contributed by atoms with Gasteiger partial charge >= 0.3 is 0 Å². The van der Waals surface area contributed by atoms with Gasteiger partial charge in [0.15, 0.2) is 0 Å². The van der Waals surface area contributed by atoms with E-state index < -0.39 is 10.0 Å². The maximum Gasteiger partial charge on any atom is 0.223 e. The van der Waals surface area contributed by atoms with Gasteiger partial charge in [-0.15, -0.1) is 0 Å². The van der Waals surface area contributed by atoms with Crippen LogP contribution in [0.1, 0.15) is 25.3 Å². The zero-order valence-electron chi connectivity index (χ0n) is 13.3. The van der Waals surface area contributed by atoms with Crippen molar-refractivity contribution < 1.29 is 17.6 Å². The molecule has 0 bridgehead atoms. The molecule has 0 unspecified atom stereocenters. The zero-order chi connectivity index (χ0) is 16.9. The van der Waals surface area contributed by atoms with E-state index >= 15 is 0 Å². The second kappa shape index (κ2) is 7.88. The molecule has 1 amide bonds. The van der Waals surface area contributed by atoms with Crippen molar-refractivity contribution in [2.24, 2.45) is 5.92 Å². The van der Waals surface area contributed by atoms with Crippen LogP contribution in [0.3, 0.4) is 0 Å². The monoisotopic (exact) mass is 342 g/mol. The van der Waals surface area contributed by atoms with Crippen molar-refractivity contribution in [1.82, 2.24) is 9.62 Å². The Bertz CT molecular complexity index is 640. The summed E-state index contributed by atoms with van der Waals surface area (Å²) in [6.07, 6.45) is 1.67. The lowest BCUT2D eigenvalue weighted by atomic mass is 9.97. The Hall–Kier alpha value is -1.47. The second-order valence-corrected chi connectivity index (χ2v) is 8.00. The molecule has 1 N–H and O–H groups in total. The standard InChI is InChI=1S/C16H23FN2O3S/c1-2-23(21,22)19-10-7-14(8-11-19)16(20)18-9-6-13-4-3-5-15(17)12-13/h3-5,12,14H,2,6-11H2,1H3,(H,18,20). The number of nitrogens with one attached hydrogen (secondary N) is 1. The molecule has 1 aliphatic rings. The van der Waals surface area contributed by atoms with E-state index in [0.29, 0.717) is 38.9 Å². The molecule has 7 heteroatoms. The van der Waals surface area contributed by atoms with Crippen LogP contribution in [0.25, 0.3) is 0 Å². The molecule has 0 radical (unpaired) electrons. The summed E-state index contributed by atoms with van der Waals surface area (Å²) >= 11 is 0. The maximum absolute atomic E-state index is 13.1. The van der Waals surface area contributed by atoms with Crippen LogP contribution in [-0.4, -0.2) is 44.0 Å². The van der Waals surface area contributed by atoms with E-state index in [1.807, 2.05) is 6.07 Å². The Morgan fingerprint density at radius 3 is 2.65 bits per heavy atom. The van der Waals surface area contributed by atoms with Gasteiger partial charge in [0.2, 0.25) is 15.9 Å². The van der Waals surface area contributed by atoms with Crippen molar-refractivity contribution >= 4 is 15.9 Å². The number of nitrogens with zero attached hydrogens (tertiary/aromatic N) is 1. The van der Waals surface area contributed by atoms with Gasteiger partial charge in [-0.1, -0.05) is 12.1 Å². The van der Waals surface area contributed by atoms with Gasteiger partial charge in [0, 0.05) is 25.6 Å². The molecule has 0 saturated carbocycles. The molecule has 2 rings (SSSR count). The zero-order valence-corrected chi connectivity index (χ0v) is 14.1. The highest BCUT2D eigenvalue weighted by molar-refractivity contribution is 7.89. The van der Waals surface area contributed by atoms with E-state index in [2.05, 4.69) is 5.32 Å². The molecule has 1 heterocycles. The molecule has 0 aromatic heterocycles. The molecule has 0 spiro atoms. The highest BCUT2D eigenvalue weighted by atomic mass is 32.2. The summed E-state index contributed by atoms with van der Waals surface area (Å²) in [5, 5.41) is 2.86. The van der Waals surface area contributed by atoms with E-state index in [4.69, 9.17) is 0 Å². The number of hydrogen-bond donors (Lipinski definition) is 1. The number of rotatable bonds is 6. The third-order valence-electron chi connectivity index (χ3n) is 4.18. The first-order valence-electron chi connectivity index (χ1n) is 7.92. The first kappa shape index (κ1) is 17.9. The average Bonchev–Trinajstić information content (AvgIpc) is 2.55.